The number of aryl methyl sites for hydroxylation is 2. The first-order valence-electron chi connectivity index (χ1n) is 11.6. The fourth-order valence-electron chi connectivity index (χ4n) is 4.52. The number of rotatable bonds is 7. The van der Waals surface area contributed by atoms with Crippen molar-refractivity contribution < 1.29 is 18.8 Å². The minimum atomic E-state index is 0.145. The van der Waals surface area contributed by atoms with Crippen LogP contribution in [-0.4, -0.2) is 72.4 Å². The Balaban J connectivity index is 1.37. The van der Waals surface area contributed by atoms with Crippen LogP contribution < -0.4 is 9.64 Å². The summed E-state index contributed by atoms with van der Waals surface area (Å²) in [5, 5.41) is 3.78. The molecule has 174 valence electrons. The maximum atomic E-state index is 12.7. The number of hydrogen-bond acceptors (Lipinski definition) is 8. The Labute approximate surface area is 189 Å². The Bertz CT molecular complexity index is 917. The van der Waals surface area contributed by atoms with Crippen molar-refractivity contribution in [2.24, 2.45) is 0 Å². The molecule has 0 bridgehead atoms. The molecule has 0 saturated carbocycles. The van der Waals surface area contributed by atoms with Gasteiger partial charge in [-0.25, -0.2) is 9.97 Å². The lowest BCUT2D eigenvalue weighted by Crippen LogP contribution is -2.39. The lowest BCUT2D eigenvalue weighted by Gasteiger charge is -2.33. The predicted octanol–water partition coefficient (Wildman–Crippen LogP) is 2.52. The summed E-state index contributed by atoms with van der Waals surface area (Å²) in [6, 6.07) is 1.73. The first kappa shape index (κ1) is 22.5. The number of ether oxygens (including phenoxy) is 2. The number of carbonyl (C=O) groups is 1. The molecule has 1 amide bonds. The van der Waals surface area contributed by atoms with Crippen molar-refractivity contribution in [1.82, 2.24) is 20.0 Å². The van der Waals surface area contributed by atoms with Gasteiger partial charge in [-0.3, -0.25) is 4.79 Å². The highest BCUT2D eigenvalue weighted by Gasteiger charge is 2.28. The van der Waals surface area contributed by atoms with Crippen LogP contribution in [0.5, 0.6) is 5.88 Å². The van der Waals surface area contributed by atoms with Crippen molar-refractivity contribution in [2.75, 3.05) is 51.4 Å². The minimum Gasteiger partial charge on any atom is -0.479 e. The maximum absolute atomic E-state index is 12.7. The van der Waals surface area contributed by atoms with Gasteiger partial charge in [0.25, 0.3) is 5.88 Å². The molecule has 0 unspecified atom stereocenters. The van der Waals surface area contributed by atoms with E-state index in [9.17, 15) is 4.79 Å². The normalized spacial score (nSPS) is 17.6. The smallest absolute Gasteiger partial charge is 0.254 e. The average molecular weight is 444 g/mol. The SMILES string of the molecule is CCc1c(C)nc(C2CCN(C(=O)CCc3cc(OC)no3)CC2)nc1N1CCOCC1. The van der Waals surface area contributed by atoms with E-state index in [1.165, 1.54) is 5.56 Å². The number of likely N-dealkylation sites (tertiary alicyclic amines) is 1. The van der Waals surface area contributed by atoms with Crippen LogP contribution in [0, 0.1) is 6.92 Å². The zero-order valence-electron chi connectivity index (χ0n) is 19.3. The number of hydrogen-bond donors (Lipinski definition) is 0. The van der Waals surface area contributed by atoms with E-state index in [4.69, 9.17) is 24.0 Å². The van der Waals surface area contributed by atoms with E-state index in [1.54, 1.807) is 13.2 Å². The highest BCUT2D eigenvalue weighted by atomic mass is 16.5. The fraction of sp³-hybridized carbons (Fsp3) is 0.652. The van der Waals surface area contributed by atoms with Crippen LogP contribution in [0.2, 0.25) is 0 Å². The summed E-state index contributed by atoms with van der Waals surface area (Å²) in [6.45, 7) is 8.92. The second-order valence-corrected chi connectivity index (χ2v) is 8.41. The van der Waals surface area contributed by atoms with E-state index < -0.39 is 0 Å². The van der Waals surface area contributed by atoms with Crippen molar-refractivity contribution >= 4 is 11.7 Å². The zero-order chi connectivity index (χ0) is 22.5. The summed E-state index contributed by atoms with van der Waals surface area (Å²) in [5.41, 5.74) is 2.30. The van der Waals surface area contributed by atoms with Gasteiger partial charge in [0.05, 0.1) is 20.3 Å². The summed E-state index contributed by atoms with van der Waals surface area (Å²) >= 11 is 0. The van der Waals surface area contributed by atoms with Gasteiger partial charge in [0, 0.05) is 62.3 Å². The molecular formula is C23H33N5O4. The van der Waals surface area contributed by atoms with Crippen molar-refractivity contribution in [1.29, 1.82) is 0 Å². The van der Waals surface area contributed by atoms with Gasteiger partial charge in [-0.15, -0.1) is 0 Å². The van der Waals surface area contributed by atoms with Gasteiger partial charge in [0.15, 0.2) is 0 Å². The fourth-order valence-corrected chi connectivity index (χ4v) is 4.52. The van der Waals surface area contributed by atoms with Crippen LogP contribution in [0.1, 0.15) is 54.9 Å². The standard InChI is InChI=1S/C23H33N5O4/c1-4-19-16(2)24-22(25-23(19)28-11-13-31-14-12-28)17-7-9-27(10-8-17)21(29)6-5-18-15-20(30-3)26-32-18/h15,17H,4-14H2,1-3H3. The summed E-state index contributed by atoms with van der Waals surface area (Å²) in [7, 11) is 1.54. The Morgan fingerprint density at radius 1 is 1.19 bits per heavy atom. The molecule has 4 heterocycles. The number of amides is 1. The molecule has 0 radical (unpaired) electrons. The van der Waals surface area contributed by atoms with Crippen molar-refractivity contribution in [2.45, 2.75) is 51.9 Å². The van der Waals surface area contributed by atoms with Crippen LogP contribution >= 0.6 is 0 Å². The molecule has 2 aliphatic rings. The summed E-state index contributed by atoms with van der Waals surface area (Å²) in [4.78, 5) is 26.9. The first-order valence-corrected chi connectivity index (χ1v) is 11.6. The van der Waals surface area contributed by atoms with E-state index in [2.05, 4.69) is 23.9 Å². The predicted molar refractivity (Wildman–Crippen MR) is 119 cm³/mol. The maximum Gasteiger partial charge on any atom is 0.254 e. The third-order valence-electron chi connectivity index (χ3n) is 6.42. The van der Waals surface area contributed by atoms with Gasteiger partial charge >= 0.3 is 0 Å². The van der Waals surface area contributed by atoms with Crippen LogP contribution in [0.3, 0.4) is 0 Å². The Kier molecular flexibility index (Phi) is 7.24. The molecule has 0 spiro atoms. The van der Waals surface area contributed by atoms with Crippen molar-refractivity contribution in [3.63, 3.8) is 0 Å². The Morgan fingerprint density at radius 2 is 1.94 bits per heavy atom. The van der Waals surface area contributed by atoms with E-state index in [0.717, 1.165) is 76.0 Å². The quantitative estimate of drug-likeness (QED) is 0.644. The molecule has 0 aromatic carbocycles. The molecule has 2 saturated heterocycles. The molecule has 9 nitrogen and oxygen atoms in total. The van der Waals surface area contributed by atoms with Crippen molar-refractivity contribution in [3.05, 3.63) is 28.9 Å². The summed E-state index contributed by atoms with van der Waals surface area (Å²) < 4.78 is 15.7. The van der Waals surface area contributed by atoms with Crippen LogP contribution in [0.25, 0.3) is 0 Å². The lowest BCUT2D eigenvalue weighted by molar-refractivity contribution is -0.132. The van der Waals surface area contributed by atoms with Gasteiger partial charge in [-0.1, -0.05) is 6.92 Å². The summed E-state index contributed by atoms with van der Waals surface area (Å²) in [5.74, 6) is 3.52. The number of aromatic nitrogens is 3. The monoisotopic (exact) mass is 443 g/mol. The molecule has 0 aliphatic carbocycles. The largest absolute Gasteiger partial charge is 0.479 e. The molecule has 0 N–H and O–H groups in total. The number of nitrogens with zero attached hydrogens (tertiary/aromatic N) is 5. The number of methoxy groups -OCH3 is 1. The Hall–Kier alpha value is -2.68. The molecule has 4 rings (SSSR count). The van der Waals surface area contributed by atoms with Gasteiger partial charge in [-0.05, 0) is 31.3 Å². The molecule has 2 aromatic rings. The van der Waals surface area contributed by atoms with E-state index in [0.29, 0.717) is 24.5 Å². The van der Waals surface area contributed by atoms with Crippen molar-refractivity contribution in [3.8, 4) is 5.88 Å². The van der Waals surface area contributed by atoms with E-state index in [-0.39, 0.29) is 11.8 Å². The minimum absolute atomic E-state index is 0.145. The molecule has 32 heavy (non-hydrogen) atoms. The highest BCUT2D eigenvalue weighted by molar-refractivity contribution is 5.76. The molecule has 2 aliphatic heterocycles. The van der Waals surface area contributed by atoms with Crippen LogP contribution in [0.15, 0.2) is 10.6 Å². The first-order chi connectivity index (χ1) is 15.6. The van der Waals surface area contributed by atoms with Crippen LogP contribution in [0.4, 0.5) is 5.82 Å². The van der Waals surface area contributed by atoms with Crippen LogP contribution in [-0.2, 0) is 22.4 Å². The lowest BCUT2D eigenvalue weighted by atomic mass is 9.95. The van der Waals surface area contributed by atoms with Gasteiger partial charge in [0.1, 0.15) is 17.4 Å². The van der Waals surface area contributed by atoms with Gasteiger partial charge in [0.2, 0.25) is 5.91 Å². The summed E-state index contributed by atoms with van der Waals surface area (Å²) in [6.07, 6.45) is 3.62. The second kappa shape index (κ2) is 10.3. The molecule has 9 heteroatoms. The number of anilines is 1. The van der Waals surface area contributed by atoms with E-state index >= 15 is 0 Å². The van der Waals surface area contributed by atoms with E-state index in [1.807, 2.05) is 4.90 Å². The number of piperidine rings is 1. The molecule has 2 aromatic heterocycles. The topological polar surface area (TPSA) is 93.8 Å². The molecular weight excluding hydrogens is 410 g/mol. The third-order valence-corrected chi connectivity index (χ3v) is 6.42. The van der Waals surface area contributed by atoms with Gasteiger partial charge in [-0.2, -0.15) is 0 Å². The highest BCUT2D eigenvalue weighted by Crippen LogP contribution is 2.30. The van der Waals surface area contributed by atoms with Gasteiger partial charge < -0.3 is 23.8 Å². The second-order valence-electron chi connectivity index (χ2n) is 8.41. The molecule has 0 atom stereocenters. The number of carbonyl (C=O) groups excluding carboxylic acids is 1. The molecule has 2 fully saturated rings. The average Bonchev–Trinajstić information content (AvgIpc) is 3.31. The third kappa shape index (κ3) is 5.03. The zero-order valence-corrected chi connectivity index (χ0v) is 19.3. The number of morpholine rings is 1. The Morgan fingerprint density at radius 3 is 2.59 bits per heavy atom.